The monoisotopic (exact) mass is 494 g/mol. The van der Waals surface area contributed by atoms with Gasteiger partial charge in [0.2, 0.25) is 0 Å². The number of methoxy groups -OCH3 is 1. The van der Waals surface area contributed by atoms with Crippen LogP contribution in [-0.2, 0) is 9.47 Å². The van der Waals surface area contributed by atoms with E-state index in [2.05, 4.69) is 20.2 Å². The SMILES string of the molecule is CNc1nn(C2CC3CCC(C2)N3C(=O)OC(C)(C)C)c2cc(-c3ccccc3OCOC)nnc12. The number of aromatic nitrogens is 4. The summed E-state index contributed by atoms with van der Waals surface area (Å²) < 4.78 is 18.6. The predicted octanol–water partition coefficient (Wildman–Crippen LogP) is 4.62. The van der Waals surface area contributed by atoms with Crippen molar-refractivity contribution in [2.75, 3.05) is 26.3 Å². The molecule has 2 atom stereocenters. The quantitative estimate of drug-likeness (QED) is 0.495. The number of carbonyl (C=O) groups is 1. The van der Waals surface area contributed by atoms with Gasteiger partial charge in [0.1, 0.15) is 11.4 Å². The molecule has 0 spiro atoms. The molecule has 0 radical (unpaired) electrons. The molecule has 4 heterocycles. The number of nitrogens with zero attached hydrogens (tertiary/aromatic N) is 5. The minimum atomic E-state index is -0.508. The van der Waals surface area contributed by atoms with Gasteiger partial charge in [-0.2, -0.15) is 5.10 Å². The molecule has 2 saturated heterocycles. The van der Waals surface area contributed by atoms with Crippen molar-refractivity contribution in [2.24, 2.45) is 0 Å². The number of fused-ring (bicyclic) bond motifs is 3. The van der Waals surface area contributed by atoms with Gasteiger partial charge in [-0.05, 0) is 64.7 Å². The highest BCUT2D eigenvalue weighted by Crippen LogP contribution is 2.43. The second kappa shape index (κ2) is 9.57. The van der Waals surface area contributed by atoms with E-state index in [1.165, 1.54) is 0 Å². The number of hydrogen-bond acceptors (Lipinski definition) is 8. The van der Waals surface area contributed by atoms with Gasteiger partial charge in [0.15, 0.2) is 18.1 Å². The molecule has 2 fully saturated rings. The lowest BCUT2D eigenvalue weighted by molar-refractivity contribution is 0.00257. The molecule has 2 aliphatic heterocycles. The lowest BCUT2D eigenvalue weighted by Gasteiger charge is -2.39. The molecular weight excluding hydrogens is 460 g/mol. The van der Waals surface area contributed by atoms with Crippen molar-refractivity contribution in [2.45, 2.75) is 70.2 Å². The van der Waals surface area contributed by atoms with Crippen LogP contribution in [0.5, 0.6) is 5.75 Å². The van der Waals surface area contributed by atoms with E-state index in [1.54, 1.807) is 7.11 Å². The standard InChI is InChI=1S/C26H34N6O4/c1-26(2,3)36-25(33)31-16-10-11-17(31)13-18(12-16)32-21-14-20(28-29-23(21)24(27-4)30-32)19-8-6-7-9-22(19)35-15-34-5/h6-9,14,16-18H,10-13,15H2,1-5H3,(H,27,30). The third kappa shape index (κ3) is 4.57. The van der Waals surface area contributed by atoms with Crippen LogP contribution in [0.3, 0.4) is 0 Å². The van der Waals surface area contributed by atoms with Crippen molar-refractivity contribution >= 4 is 22.9 Å². The van der Waals surface area contributed by atoms with Crippen LogP contribution in [0.1, 0.15) is 52.5 Å². The summed E-state index contributed by atoms with van der Waals surface area (Å²) in [4.78, 5) is 14.9. The van der Waals surface area contributed by atoms with Gasteiger partial charge in [0.25, 0.3) is 0 Å². The molecule has 36 heavy (non-hydrogen) atoms. The molecule has 192 valence electrons. The molecule has 2 bridgehead atoms. The van der Waals surface area contributed by atoms with E-state index in [0.29, 0.717) is 17.3 Å². The Hall–Kier alpha value is -3.40. The minimum Gasteiger partial charge on any atom is -0.467 e. The molecule has 2 aliphatic rings. The normalized spacial score (nSPS) is 21.6. The zero-order valence-electron chi connectivity index (χ0n) is 21.5. The van der Waals surface area contributed by atoms with Gasteiger partial charge < -0.3 is 24.4 Å². The Kier molecular flexibility index (Phi) is 6.46. The zero-order chi connectivity index (χ0) is 25.4. The van der Waals surface area contributed by atoms with Crippen molar-refractivity contribution in [3.63, 3.8) is 0 Å². The Balaban J connectivity index is 1.48. The van der Waals surface area contributed by atoms with Crippen LogP contribution < -0.4 is 10.1 Å². The summed E-state index contributed by atoms with van der Waals surface area (Å²) in [7, 11) is 3.43. The molecule has 10 nitrogen and oxygen atoms in total. The number of rotatable bonds is 6. The van der Waals surface area contributed by atoms with Crippen LogP contribution in [0.15, 0.2) is 30.3 Å². The lowest BCUT2D eigenvalue weighted by atomic mass is 9.97. The number of amides is 1. The fourth-order valence-corrected chi connectivity index (χ4v) is 5.40. The maximum absolute atomic E-state index is 12.9. The van der Waals surface area contributed by atoms with Crippen molar-refractivity contribution in [3.8, 4) is 17.0 Å². The third-order valence-corrected chi connectivity index (χ3v) is 6.84. The van der Waals surface area contributed by atoms with E-state index >= 15 is 0 Å². The molecule has 1 N–H and O–H groups in total. The van der Waals surface area contributed by atoms with Crippen molar-refractivity contribution in [1.29, 1.82) is 0 Å². The summed E-state index contributed by atoms with van der Waals surface area (Å²) in [5.41, 5.74) is 2.65. The Morgan fingerprint density at radius 2 is 1.83 bits per heavy atom. The lowest BCUT2D eigenvalue weighted by Crippen LogP contribution is -2.48. The molecule has 5 rings (SSSR count). The molecule has 3 aromatic rings. The van der Waals surface area contributed by atoms with E-state index in [0.717, 1.165) is 42.3 Å². The number of para-hydroxylation sites is 1. The van der Waals surface area contributed by atoms with Crippen molar-refractivity contribution in [1.82, 2.24) is 24.9 Å². The van der Waals surface area contributed by atoms with Crippen LogP contribution in [0.25, 0.3) is 22.3 Å². The Labute approximate surface area is 210 Å². The summed E-state index contributed by atoms with van der Waals surface area (Å²) in [5, 5.41) is 17.1. The van der Waals surface area contributed by atoms with Crippen LogP contribution >= 0.6 is 0 Å². The summed E-state index contributed by atoms with van der Waals surface area (Å²) in [6.45, 7) is 5.87. The maximum Gasteiger partial charge on any atom is 0.410 e. The molecule has 0 aliphatic carbocycles. The van der Waals surface area contributed by atoms with Crippen LogP contribution in [0, 0.1) is 0 Å². The molecule has 1 amide bonds. The van der Waals surface area contributed by atoms with E-state index in [4.69, 9.17) is 19.3 Å². The molecule has 0 saturated carbocycles. The molecule has 2 aromatic heterocycles. The second-order valence-corrected chi connectivity index (χ2v) is 10.5. The number of anilines is 1. The fraction of sp³-hybridized carbons (Fsp3) is 0.538. The van der Waals surface area contributed by atoms with E-state index in [1.807, 2.05) is 63.1 Å². The van der Waals surface area contributed by atoms with Crippen molar-refractivity contribution < 1.29 is 19.0 Å². The van der Waals surface area contributed by atoms with Gasteiger partial charge in [0.05, 0.1) is 17.3 Å². The molecule has 2 unspecified atom stereocenters. The smallest absolute Gasteiger partial charge is 0.410 e. The van der Waals surface area contributed by atoms with Crippen molar-refractivity contribution in [3.05, 3.63) is 30.3 Å². The average Bonchev–Trinajstić information content (AvgIpc) is 3.35. The van der Waals surface area contributed by atoms with Gasteiger partial charge in [0, 0.05) is 31.8 Å². The number of piperidine rings is 1. The Bertz CT molecular complexity index is 1240. The predicted molar refractivity (Wildman–Crippen MR) is 136 cm³/mol. The number of nitrogens with one attached hydrogen (secondary N) is 1. The zero-order valence-corrected chi connectivity index (χ0v) is 21.5. The first kappa shape index (κ1) is 24.3. The number of carbonyl (C=O) groups excluding carboxylic acids is 1. The molecule has 10 heteroatoms. The number of hydrogen-bond donors (Lipinski definition) is 1. The van der Waals surface area contributed by atoms with Crippen LogP contribution in [-0.4, -0.2) is 69.6 Å². The van der Waals surface area contributed by atoms with Gasteiger partial charge in [-0.15, -0.1) is 10.2 Å². The first-order chi connectivity index (χ1) is 17.3. The third-order valence-electron chi connectivity index (χ3n) is 6.84. The average molecular weight is 495 g/mol. The first-order valence-corrected chi connectivity index (χ1v) is 12.4. The summed E-state index contributed by atoms with van der Waals surface area (Å²) in [6, 6.07) is 10.1. The summed E-state index contributed by atoms with van der Waals surface area (Å²) in [6.07, 6.45) is 3.39. The highest BCUT2D eigenvalue weighted by atomic mass is 16.7. The minimum absolute atomic E-state index is 0.137. The van der Waals surface area contributed by atoms with Gasteiger partial charge in [-0.1, -0.05) is 12.1 Å². The summed E-state index contributed by atoms with van der Waals surface area (Å²) in [5.74, 6) is 1.37. The van der Waals surface area contributed by atoms with E-state index < -0.39 is 5.60 Å². The Morgan fingerprint density at radius 3 is 2.50 bits per heavy atom. The first-order valence-electron chi connectivity index (χ1n) is 12.4. The highest BCUT2D eigenvalue weighted by Gasteiger charge is 2.46. The van der Waals surface area contributed by atoms with E-state index in [9.17, 15) is 4.79 Å². The summed E-state index contributed by atoms with van der Waals surface area (Å²) >= 11 is 0. The number of benzene rings is 1. The van der Waals surface area contributed by atoms with Gasteiger partial charge in [-0.3, -0.25) is 4.68 Å². The fourth-order valence-electron chi connectivity index (χ4n) is 5.40. The highest BCUT2D eigenvalue weighted by molar-refractivity contribution is 5.88. The number of ether oxygens (including phenoxy) is 3. The Morgan fingerprint density at radius 1 is 1.11 bits per heavy atom. The molecular formula is C26H34N6O4. The van der Waals surface area contributed by atoms with Crippen LogP contribution in [0.2, 0.25) is 0 Å². The van der Waals surface area contributed by atoms with Gasteiger partial charge >= 0.3 is 6.09 Å². The van der Waals surface area contributed by atoms with Crippen LogP contribution in [0.4, 0.5) is 10.6 Å². The molecule has 1 aromatic carbocycles. The topological polar surface area (TPSA) is 104 Å². The largest absolute Gasteiger partial charge is 0.467 e. The maximum atomic E-state index is 12.9. The van der Waals surface area contributed by atoms with E-state index in [-0.39, 0.29) is 31.0 Å². The second-order valence-electron chi connectivity index (χ2n) is 10.5. The van der Waals surface area contributed by atoms with Gasteiger partial charge in [-0.25, -0.2) is 4.79 Å².